The van der Waals surface area contributed by atoms with E-state index in [2.05, 4.69) is 4.98 Å². The number of nitrogen functional groups attached to an aromatic ring is 1. The molecule has 0 bridgehead atoms. The van der Waals surface area contributed by atoms with Gasteiger partial charge in [0, 0.05) is 0 Å². The van der Waals surface area contributed by atoms with Gasteiger partial charge in [0.05, 0.1) is 42.8 Å². The maximum absolute atomic E-state index is 11.7. The van der Waals surface area contributed by atoms with E-state index >= 15 is 0 Å². The fourth-order valence-electron chi connectivity index (χ4n) is 2.47. The first-order chi connectivity index (χ1) is 10.6. The monoisotopic (exact) mass is 304 g/mol. The first-order valence-corrected chi connectivity index (χ1v) is 7.26. The van der Waals surface area contributed by atoms with Crippen LogP contribution >= 0.6 is 0 Å². The second-order valence-corrected chi connectivity index (χ2v) is 5.10. The van der Waals surface area contributed by atoms with Crippen molar-refractivity contribution in [3.8, 4) is 0 Å². The summed E-state index contributed by atoms with van der Waals surface area (Å²) in [7, 11) is 1.31. The van der Waals surface area contributed by atoms with E-state index in [0.29, 0.717) is 37.1 Å². The van der Waals surface area contributed by atoms with Gasteiger partial charge in [-0.25, -0.2) is 4.79 Å². The number of methoxy groups -OCH3 is 1. The Morgan fingerprint density at radius 2 is 2.23 bits per heavy atom. The van der Waals surface area contributed by atoms with E-state index in [-0.39, 0.29) is 17.6 Å². The molecule has 0 amide bonds. The van der Waals surface area contributed by atoms with E-state index in [1.54, 1.807) is 13.0 Å². The van der Waals surface area contributed by atoms with Crippen molar-refractivity contribution in [3.63, 3.8) is 0 Å². The van der Waals surface area contributed by atoms with Gasteiger partial charge in [-0.1, -0.05) is 6.08 Å². The molecule has 1 atom stereocenters. The number of pyridine rings is 1. The SMILES string of the molecule is CCOC(=O)C1CC=C(c2cc(C(=O)OC)c(N)cn2)CC1. The maximum Gasteiger partial charge on any atom is 0.340 e. The van der Waals surface area contributed by atoms with Crippen LogP contribution < -0.4 is 5.73 Å². The van der Waals surface area contributed by atoms with Gasteiger partial charge in [0.25, 0.3) is 0 Å². The van der Waals surface area contributed by atoms with Crippen molar-refractivity contribution in [2.75, 3.05) is 19.5 Å². The molecule has 0 radical (unpaired) electrons. The average Bonchev–Trinajstić information content (AvgIpc) is 2.55. The zero-order chi connectivity index (χ0) is 16.1. The summed E-state index contributed by atoms with van der Waals surface area (Å²) in [6.45, 7) is 2.20. The minimum atomic E-state index is -0.484. The number of rotatable bonds is 4. The van der Waals surface area contributed by atoms with E-state index in [0.717, 1.165) is 5.57 Å². The molecule has 0 spiro atoms. The Morgan fingerprint density at radius 3 is 2.82 bits per heavy atom. The molecule has 1 aromatic rings. The van der Waals surface area contributed by atoms with Crippen LogP contribution in [0.15, 0.2) is 18.3 Å². The highest BCUT2D eigenvalue weighted by atomic mass is 16.5. The molecule has 22 heavy (non-hydrogen) atoms. The lowest BCUT2D eigenvalue weighted by molar-refractivity contribution is -0.148. The number of carbonyl (C=O) groups is 2. The van der Waals surface area contributed by atoms with Gasteiger partial charge >= 0.3 is 11.9 Å². The summed E-state index contributed by atoms with van der Waals surface area (Å²) in [6.07, 6.45) is 5.48. The second kappa shape index (κ2) is 7.06. The molecule has 0 aromatic carbocycles. The molecule has 1 heterocycles. The first-order valence-electron chi connectivity index (χ1n) is 7.26. The van der Waals surface area contributed by atoms with Gasteiger partial charge in [0.2, 0.25) is 0 Å². The largest absolute Gasteiger partial charge is 0.466 e. The Hall–Kier alpha value is -2.37. The van der Waals surface area contributed by atoms with Crippen LogP contribution in [-0.2, 0) is 14.3 Å². The Balaban J connectivity index is 2.16. The molecule has 6 heteroatoms. The first kappa shape index (κ1) is 16.0. The number of ether oxygens (including phenoxy) is 2. The minimum absolute atomic E-state index is 0.0995. The fourth-order valence-corrected chi connectivity index (χ4v) is 2.47. The van der Waals surface area contributed by atoms with Crippen molar-refractivity contribution >= 4 is 23.2 Å². The predicted molar refractivity (Wildman–Crippen MR) is 81.9 cm³/mol. The minimum Gasteiger partial charge on any atom is -0.466 e. The van der Waals surface area contributed by atoms with Crippen LogP contribution in [0, 0.1) is 5.92 Å². The van der Waals surface area contributed by atoms with Crippen molar-refractivity contribution in [2.24, 2.45) is 5.92 Å². The number of nitrogens with two attached hydrogens (primary N) is 1. The number of hydrogen-bond acceptors (Lipinski definition) is 6. The molecular weight excluding hydrogens is 284 g/mol. The van der Waals surface area contributed by atoms with Gasteiger partial charge in [0.1, 0.15) is 0 Å². The Kier molecular flexibility index (Phi) is 5.14. The topological polar surface area (TPSA) is 91.5 Å². The van der Waals surface area contributed by atoms with Crippen molar-refractivity contribution in [2.45, 2.75) is 26.2 Å². The van der Waals surface area contributed by atoms with Gasteiger partial charge < -0.3 is 15.2 Å². The highest BCUT2D eigenvalue weighted by Gasteiger charge is 2.24. The molecule has 0 saturated carbocycles. The molecule has 1 aromatic heterocycles. The van der Waals surface area contributed by atoms with Crippen LogP contribution in [0.25, 0.3) is 5.57 Å². The predicted octanol–water partition coefficient (Wildman–Crippen LogP) is 2.20. The molecule has 6 nitrogen and oxygen atoms in total. The Morgan fingerprint density at radius 1 is 1.45 bits per heavy atom. The number of carbonyl (C=O) groups excluding carboxylic acids is 2. The van der Waals surface area contributed by atoms with Crippen molar-refractivity contribution < 1.29 is 19.1 Å². The van der Waals surface area contributed by atoms with Crippen molar-refractivity contribution in [1.29, 1.82) is 0 Å². The molecular formula is C16H20N2O4. The zero-order valence-electron chi connectivity index (χ0n) is 12.8. The Bertz CT molecular complexity index is 610. The summed E-state index contributed by atoms with van der Waals surface area (Å²) in [6, 6.07) is 1.64. The summed E-state index contributed by atoms with van der Waals surface area (Å²) < 4.78 is 9.75. The lowest BCUT2D eigenvalue weighted by Crippen LogP contribution is -2.19. The highest BCUT2D eigenvalue weighted by molar-refractivity contribution is 5.95. The number of esters is 2. The van der Waals surface area contributed by atoms with Gasteiger partial charge in [-0.05, 0) is 37.8 Å². The standard InChI is InChI=1S/C16H20N2O4/c1-3-22-15(19)11-6-4-10(5-7-11)14-8-12(16(20)21-2)13(17)9-18-14/h4,8-9,11H,3,5-7,17H2,1-2H3. The van der Waals surface area contributed by atoms with E-state index in [4.69, 9.17) is 15.2 Å². The molecule has 0 saturated heterocycles. The van der Waals surface area contributed by atoms with Crippen LogP contribution in [0.4, 0.5) is 5.69 Å². The number of allylic oxidation sites excluding steroid dienone is 2. The summed E-state index contributed by atoms with van der Waals surface area (Å²) in [5, 5.41) is 0. The van der Waals surface area contributed by atoms with Crippen LogP contribution in [0.5, 0.6) is 0 Å². The summed E-state index contributed by atoms with van der Waals surface area (Å²) in [5.41, 5.74) is 8.04. The molecule has 2 N–H and O–H groups in total. The summed E-state index contributed by atoms with van der Waals surface area (Å²) in [4.78, 5) is 27.7. The third-order valence-corrected chi connectivity index (χ3v) is 3.70. The maximum atomic E-state index is 11.7. The highest BCUT2D eigenvalue weighted by Crippen LogP contribution is 2.31. The van der Waals surface area contributed by atoms with E-state index in [1.807, 2.05) is 6.08 Å². The number of hydrogen-bond donors (Lipinski definition) is 1. The van der Waals surface area contributed by atoms with Gasteiger partial charge in [-0.2, -0.15) is 0 Å². The molecule has 0 fully saturated rings. The molecule has 1 aliphatic rings. The summed E-state index contributed by atoms with van der Waals surface area (Å²) >= 11 is 0. The van der Waals surface area contributed by atoms with Crippen LogP contribution in [0.3, 0.4) is 0 Å². The normalized spacial score (nSPS) is 17.5. The second-order valence-electron chi connectivity index (χ2n) is 5.10. The fraction of sp³-hybridized carbons (Fsp3) is 0.438. The average molecular weight is 304 g/mol. The lowest BCUT2D eigenvalue weighted by atomic mass is 9.88. The molecule has 1 aliphatic carbocycles. The van der Waals surface area contributed by atoms with Crippen LogP contribution in [0.2, 0.25) is 0 Å². The summed E-state index contributed by atoms with van der Waals surface area (Å²) in [5.74, 6) is -0.738. The molecule has 2 rings (SSSR count). The quantitative estimate of drug-likeness (QED) is 0.857. The van der Waals surface area contributed by atoms with Gasteiger partial charge in [-0.15, -0.1) is 0 Å². The van der Waals surface area contributed by atoms with Crippen molar-refractivity contribution in [1.82, 2.24) is 4.98 Å². The Labute approximate surface area is 129 Å². The molecule has 0 aliphatic heterocycles. The third-order valence-electron chi connectivity index (χ3n) is 3.70. The van der Waals surface area contributed by atoms with E-state index in [9.17, 15) is 9.59 Å². The van der Waals surface area contributed by atoms with Gasteiger partial charge in [0.15, 0.2) is 0 Å². The van der Waals surface area contributed by atoms with Gasteiger partial charge in [-0.3, -0.25) is 9.78 Å². The number of aromatic nitrogens is 1. The smallest absolute Gasteiger partial charge is 0.340 e. The van der Waals surface area contributed by atoms with E-state index < -0.39 is 5.97 Å². The number of nitrogens with zero attached hydrogens (tertiary/aromatic N) is 1. The number of anilines is 1. The zero-order valence-corrected chi connectivity index (χ0v) is 12.8. The van der Waals surface area contributed by atoms with E-state index in [1.165, 1.54) is 13.3 Å². The molecule has 118 valence electrons. The van der Waals surface area contributed by atoms with Crippen molar-refractivity contribution in [3.05, 3.63) is 29.6 Å². The third kappa shape index (κ3) is 3.44. The molecule has 1 unspecified atom stereocenters. The van der Waals surface area contributed by atoms with Crippen LogP contribution in [-0.4, -0.2) is 30.6 Å². The lowest BCUT2D eigenvalue weighted by Gasteiger charge is -2.20. The van der Waals surface area contributed by atoms with Crippen LogP contribution in [0.1, 0.15) is 42.2 Å².